The summed E-state index contributed by atoms with van der Waals surface area (Å²) >= 11 is 1.64. The van der Waals surface area contributed by atoms with Crippen molar-refractivity contribution in [2.45, 2.75) is 56.6 Å². The Bertz CT molecular complexity index is 1070. The molecule has 2 aromatic carbocycles. The van der Waals surface area contributed by atoms with Crippen molar-refractivity contribution in [1.29, 1.82) is 0 Å². The first kappa shape index (κ1) is 17.2. The molecule has 0 spiro atoms. The van der Waals surface area contributed by atoms with Gasteiger partial charge in [0.15, 0.2) is 0 Å². The van der Waals surface area contributed by atoms with Crippen molar-refractivity contribution >= 4 is 27.1 Å². The van der Waals surface area contributed by atoms with Crippen LogP contribution in [-0.2, 0) is 5.41 Å². The van der Waals surface area contributed by atoms with Gasteiger partial charge in [-0.15, -0.1) is 11.3 Å². The van der Waals surface area contributed by atoms with E-state index in [-0.39, 0.29) is 11.2 Å². The van der Waals surface area contributed by atoms with Gasteiger partial charge in [0.1, 0.15) is 5.82 Å². The number of benzene rings is 2. The van der Waals surface area contributed by atoms with Crippen molar-refractivity contribution in [2.24, 2.45) is 0 Å². The summed E-state index contributed by atoms with van der Waals surface area (Å²) in [7, 11) is 0. The molecular formula is C23H24FNOS. The summed E-state index contributed by atoms with van der Waals surface area (Å²) in [5.74, 6) is -0.215. The molecule has 2 aliphatic rings. The van der Waals surface area contributed by atoms with Crippen LogP contribution in [0.3, 0.4) is 0 Å². The van der Waals surface area contributed by atoms with Gasteiger partial charge in [-0.05, 0) is 62.3 Å². The van der Waals surface area contributed by atoms with E-state index in [1.54, 1.807) is 17.4 Å². The molecule has 2 atom stereocenters. The summed E-state index contributed by atoms with van der Waals surface area (Å²) in [6.45, 7) is 6.20. The van der Waals surface area contributed by atoms with Gasteiger partial charge >= 0.3 is 0 Å². The maximum Gasteiger partial charge on any atom is 0.133 e. The van der Waals surface area contributed by atoms with E-state index < -0.39 is 11.1 Å². The van der Waals surface area contributed by atoms with Gasteiger partial charge in [-0.25, -0.2) is 4.39 Å². The molecule has 27 heavy (non-hydrogen) atoms. The fourth-order valence-electron chi connectivity index (χ4n) is 5.51. The summed E-state index contributed by atoms with van der Waals surface area (Å²) < 4.78 is 16.3. The molecule has 1 aliphatic carbocycles. The van der Waals surface area contributed by atoms with Crippen LogP contribution < -0.4 is 5.32 Å². The van der Waals surface area contributed by atoms with Crippen LogP contribution in [0.5, 0.6) is 0 Å². The van der Waals surface area contributed by atoms with E-state index in [0.29, 0.717) is 5.56 Å². The first-order chi connectivity index (χ1) is 12.8. The summed E-state index contributed by atoms with van der Waals surface area (Å²) in [5.41, 5.74) is 1.68. The van der Waals surface area contributed by atoms with E-state index >= 15 is 4.39 Å². The molecule has 2 N–H and O–H groups in total. The Morgan fingerprint density at radius 3 is 2.67 bits per heavy atom. The van der Waals surface area contributed by atoms with E-state index in [9.17, 15) is 5.11 Å². The quantitative estimate of drug-likeness (QED) is 0.535. The second-order valence-corrected chi connectivity index (χ2v) is 9.73. The molecule has 1 aromatic heterocycles. The van der Waals surface area contributed by atoms with E-state index in [0.717, 1.165) is 46.2 Å². The Morgan fingerprint density at radius 1 is 1.07 bits per heavy atom. The zero-order valence-corrected chi connectivity index (χ0v) is 16.7. The lowest BCUT2D eigenvalue weighted by Crippen LogP contribution is -2.65. The molecule has 2 nitrogen and oxygen atoms in total. The van der Waals surface area contributed by atoms with Crippen molar-refractivity contribution in [3.05, 3.63) is 53.2 Å². The lowest BCUT2D eigenvalue weighted by atomic mass is 9.60. The molecule has 1 saturated carbocycles. The molecule has 5 rings (SSSR count). The van der Waals surface area contributed by atoms with Crippen molar-refractivity contribution in [3.8, 4) is 11.1 Å². The minimum atomic E-state index is -0.848. The van der Waals surface area contributed by atoms with Crippen molar-refractivity contribution in [1.82, 2.24) is 0 Å². The Hall–Kier alpha value is -1.91. The van der Waals surface area contributed by atoms with Crippen molar-refractivity contribution in [2.75, 3.05) is 5.32 Å². The third-order valence-corrected chi connectivity index (χ3v) is 8.05. The molecule has 0 bridgehead atoms. The largest absolute Gasteiger partial charge is 0.387 e. The van der Waals surface area contributed by atoms with Crippen LogP contribution >= 0.6 is 11.3 Å². The number of nitrogens with one attached hydrogen (secondary N) is 1. The number of aliphatic hydroxyl groups is 1. The van der Waals surface area contributed by atoms with Crippen LogP contribution in [0, 0.1) is 5.82 Å². The van der Waals surface area contributed by atoms with Crippen LogP contribution in [0.4, 0.5) is 10.1 Å². The maximum absolute atomic E-state index is 15.2. The normalized spacial score (nSPS) is 28.6. The highest BCUT2D eigenvalue weighted by Crippen LogP contribution is 2.59. The average molecular weight is 382 g/mol. The standard InChI is InChI=1S/C23H24FNOS/c1-21(2)23(26)10-6-9-22(23,3)17-11-15(18(24)12-19(17)25-21)16-13-27-20-8-5-4-7-14(16)20/h4-5,7-8,11-13,25-26H,6,9-10H2,1-3H3. The second-order valence-electron chi connectivity index (χ2n) is 8.82. The van der Waals surface area contributed by atoms with Crippen LogP contribution in [0.2, 0.25) is 0 Å². The first-order valence-corrected chi connectivity index (χ1v) is 10.5. The fraction of sp³-hybridized carbons (Fsp3) is 0.391. The van der Waals surface area contributed by atoms with Gasteiger partial charge in [0.25, 0.3) is 0 Å². The molecule has 2 heterocycles. The van der Waals surface area contributed by atoms with Gasteiger partial charge < -0.3 is 10.4 Å². The second kappa shape index (κ2) is 5.33. The predicted molar refractivity (Wildman–Crippen MR) is 111 cm³/mol. The molecule has 1 aliphatic heterocycles. The average Bonchev–Trinajstić information content (AvgIpc) is 3.17. The molecule has 1 fully saturated rings. The van der Waals surface area contributed by atoms with E-state index in [1.165, 1.54) is 0 Å². The molecule has 0 saturated heterocycles. The SMILES string of the molecule is CC1(C)Nc2cc(F)c(-c3csc4ccccc34)cc2C2(C)CCCC12O. The number of hydrogen-bond donors (Lipinski definition) is 2. The van der Waals surface area contributed by atoms with Crippen LogP contribution in [0.1, 0.15) is 45.6 Å². The Kier molecular flexibility index (Phi) is 3.40. The first-order valence-electron chi connectivity index (χ1n) is 9.58. The summed E-state index contributed by atoms with van der Waals surface area (Å²) in [4.78, 5) is 0. The van der Waals surface area contributed by atoms with Gasteiger partial charge in [0.05, 0.1) is 11.1 Å². The van der Waals surface area contributed by atoms with Gasteiger partial charge in [-0.3, -0.25) is 0 Å². The van der Waals surface area contributed by atoms with Crippen LogP contribution in [0.25, 0.3) is 21.2 Å². The Labute approximate surface area is 163 Å². The number of thiophene rings is 1. The number of anilines is 1. The maximum atomic E-state index is 15.2. The predicted octanol–water partition coefficient (Wildman–Crippen LogP) is 6.08. The third kappa shape index (κ3) is 2.08. The number of hydrogen-bond acceptors (Lipinski definition) is 3. The lowest BCUT2D eigenvalue weighted by molar-refractivity contribution is -0.0628. The van der Waals surface area contributed by atoms with Crippen molar-refractivity contribution in [3.63, 3.8) is 0 Å². The highest BCUT2D eigenvalue weighted by Gasteiger charge is 2.62. The Morgan fingerprint density at radius 2 is 1.85 bits per heavy atom. The number of rotatable bonds is 1. The smallest absolute Gasteiger partial charge is 0.133 e. The number of fused-ring (bicyclic) bond motifs is 4. The summed E-state index contributed by atoms with van der Waals surface area (Å²) in [6, 6.07) is 11.7. The monoisotopic (exact) mass is 381 g/mol. The molecule has 0 radical (unpaired) electrons. The minimum absolute atomic E-state index is 0.215. The topological polar surface area (TPSA) is 32.3 Å². The molecule has 3 aromatic rings. The van der Waals surface area contributed by atoms with E-state index in [4.69, 9.17) is 0 Å². The molecule has 0 amide bonds. The van der Waals surface area contributed by atoms with Gasteiger partial charge in [-0.1, -0.05) is 25.1 Å². The highest BCUT2D eigenvalue weighted by molar-refractivity contribution is 7.17. The zero-order valence-electron chi connectivity index (χ0n) is 15.9. The molecule has 4 heteroatoms. The summed E-state index contributed by atoms with van der Waals surface area (Å²) in [5, 5.41) is 18.2. The van der Waals surface area contributed by atoms with Crippen LogP contribution in [0.15, 0.2) is 41.8 Å². The highest BCUT2D eigenvalue weighted by atomic mass is 32.1. The molecular weight excluding hydrogens is 357 g/mol. The van der Waals surface area contributed by atoms with E-state index in [2.05, 4.69) is 24.4 Å². The van der Waals surface area contributed by atoms with Gasteiger partial charge in [0, 0.05) is 32.3 Å². The van der Waals surface area contributed by atoms with Gasteiger partial charge in [0.2, 0.25) is 0 Å². The third-order valence-electron chi connectivity index (χ3n) is 7.08. The van der Waals surface area contributed by atoms with E-state index in [1.807, 2.05) is 37.4 Å². The minimum Gasteiger partial charge on any atom is -0.387 e. The Balaban J connectivity index is 1.77. The van der Waals surface area contributed by atoms with Crippen LogP contribution in [-0.4, -0.2) is 16.2 Å². The molecule has 140 valence electrons. The summed E-state index contributed by atoms with van der Waals surface area (Å²) in [6.07, 6.45) is 2.65. The molecule has 2 unspecified atom stereocenters. The van der Waals surface area contributed by atoms with Gasteiger partial charge in [-0.2, -0.15) is 0 Å². The van der Waals surface area contributed by atoms with Crippen molar-refractivity contribution < 1.29 is 9.50 Å². The number of halogens is 1. The zero-order chi connectivity index (χ0) is 19.0. The lowest BCUT2D eigenvalue weighted by Gasteiger charge is -2.55. The fourth-order valence-corrected chi connectivity index (χ4v) is 6.47.